The van der Waals surface area contributed by atoms with E-state index < -0.39 is 5.63 Å². The van der Waals surface area contributed by atoms with Gasteiger partial charge in [0.1, 0.15) is 12.1 Å². The van der Waals surface area contributed by atoms with E-state index in [9.17, 15) is 9.59 Å². The molecule has 1 fully saturated rings. The molecule has 0 unspecified atom stereocenters. The standard InChI is InChI=1S/C18H23N3O3/c1-13(2)17-19-7-10-21(17)11-14-5-8-20(9-6-14)18(23)15-3-4-16(22)24-12-15/h3-4,7,10,12-14H,5-6,8-9,11H2,1-2H3. The highest BCUT2D eigenvalue weighted by atomic mass is 16.4. The highest BCUT2D eigenvalue weighted by Gasteiger charge is 2.24. The first kappa shape index (κ1) is 16.5. The first-order valence-electron chi connectivity index (χ1n) is 8.43. The Kier molecular flexibility index (Phi) is 4.83. The van der Waals surface area contributed by atoms with Gasteiger partial charge in [-0.15, -0.1) is 0 Å². The zero-order valence-electron chi connectivity index (χ0n) is 14.1. The fourth-order valence-corrected chi connectivity index (χ4v) is 3.23. The molecule has 3 rings (SSSR count). The average molecular weight is 329 g/mol. The van der Waals surface area contributed by atoms with Crippen molar-refractivity contribution in [3.05, 3.63) is 52.6 Å². The number of piperidine rings is 1. The topological polar surface area (TPSA) is 68.3 Å². The zero-order valence-corrected chi connectivity index (χ0v) is 14.1. The van der Waals surface area contributed by atoms with E-state index in [2.05, 4.69) is 23.4 Å². The second-order valence-electron chi connectivity index (χ2n) is 6.67. The first-order chi connectivity index (χ1) is 11.5. The third kappa shape index (κ3) is 3.58. The van der Waals surface area contributed by atoms with Crippen LogP contribution in [0.3, 0.4) is 0 Å². The normalized spacial score (nSPS) is 15.9. The van der Waals surface area contributed by atoms with Crippen molar-refractivity contribution < 1.29 is 9.21 Å². The fourth-order valence-electron chi connectivity index (χ4n) is 3.23. The molecule has 0 spiro atoms. The molecular weight excluding hydrogens is 306 g/mol. The van der Waals surface area contributed by atoms with Crippen LogP contribution >= 0.6 is 0 Å². The summed E-state index contributed by atoms with van der Waals surface area (Å²) < 4.78 is 7.02. The van der Waals surface area contributed by atoms with Gasteiger partial charge in [0.05, 0.1) is 5.56 Å². The monoisotopic (exact) mass is 329 g/mol. The Bertz CT molecular complexity index is 734. The van der Waals surface area contributed by atoms with Crippen LogP contribution in [-0.2, 0) is 6.54 Å². The summed E-state index contributed by atoms with van der Waals surface area (Å²) in [6, 6.07) is 2.81. The molecule has 0 aliphatic carbocycles. The maximum absolute atomic E-state index is 12.4. The predicted molar refractivity (Wildman–Crippen MR) is 89.9 cm³/mol. The van der Waals surface area contributed by atoms with Crippen LogP contribution in [0.4, 0.5) is 0 Å². The van der Waals surface area contributed by atoms with E-state index in [0.717, 1.165) is 38.3 Å². The van der Waals surface area contributed by atoms with Gasteiger partial charge in [-0.05, 0) is 24.8 Å². The van der Waals surface area contributed by atoms with E-state index in [1.165, 1.54) is 18.4 Å². The SMILES string of the molecule is CC(C)c1nccn1CC1CCN(C(=O)c2ccc(=O)oc2)CC1. The van der Waals surface area contributed by atoms with Crippen molar-refractivity contribution in [2.75, 3.05) is 13.1 Å². The number of imidazole rings is 1. The van der Waals surface area contributed by atoms with Crippen molar-refractivity contribution in [3.8, 4) is 0 Å². The molecule has 0 aromatic carbocycles. The number of aromatic nitrogens is 2. The molecule has 1 saturated heterocycles. The average Bonchev–Trinajstić information content (AvgIpc) is 3.04. The Morgan fingerprint density at radius 1 is 1.33 bits per heavy atom. The smallest absolute Gasteiger partial charge is 0.335 e. The molecular formula is C18H23N3O3. The second-order valence-corrected chi connectivity index (χ2v) is 6.67. The summed E-state index contributed by atoms with van der Waals surface area (Å²) in [6.45, 7) is 6.72. The van der Waals surface area contributed by atoms with E-state index in [4.69, 9.17) is 4.42 Å². The lowest BCUT2D eigenvalue weighted by molar-refractivity contribution is 0.0679. The van der Waals surface area contributed by atoms with Gasteiger partial charge in [-0.25, -0.2) is 9.78 Å². The summed E-state index contributed by atoms with van der Waals surface area (Å²) in [5.41, 5.74) is -0.00343. The summed E-state index contributed by atoms with van der Waals surface area (Å²) in [4.78, 5) is 29.7. The number of carbonyl (C=O) groups excluding carboxylic acids is 1. The molecule has 1 aliphatic rings. The number of carbonyl (C=O) groups is 1. The molecule has 6 nitrogen and oxygen atoms in total. The number of amides is 1. The summed E-state index contributed by atoms with van der Waals surface area (Å²) in [7, 11) is 0. The van der Waals surface area contributed by atoms with Crippen LogP contribution < -0.4 is 5.63 Å². The summed E-state index contributed by atoms with van der Waals surface area (Å²) in [5, 5.41) is 0. The van der Waals surface area contributed by atoms with Crippen molar-refractivity contribution >= 4 is 5.91 Å². The van der Waals surface area contributed by atoms with Gasteiger partial charge in [0.25, 0.3) is 5.91 Å². The second kappa shape index (κ2) is 7.03. The lowest BCUT2D eigenvalue weighted by atomic mass is 9.96. The summed E-state index contributed by atoms with van der Waals surface area (Å²) in [5.74, 6) is 2.01. The van der Waals surface area contributed by atoms with Gasteiger partial charge in [-0.1, -0.05) is 13.8 Å². The Morgan fingerprint density at radius 3 is 2.71 bits per heavy atom. The molecule has 1 amide bonds. The van der Waals surface area contributed by atoms with Crippen molar-refractivity contribution in [2.24, 2.45) is 5.92 Å². The molecule has 24 heavy (non-hydrogen) atoms. The van der Waals surface area contributed by atoms with Gasteiger partial charge in [-0.3, -0.25) is 4.79 Å². The lowest BCUT2D eigenvalue weighted by Crippen LogP contribution is -2.39. The van der Waals surface area contributed by atoms with Crippen molar-refractivity contribution in [1.29, 1.82) is 0 Å². The van der Waals surface area contributed by atoms with Crippen LogP contribution in [0.15, 0.2) is 40.0 Å². The first-order valence-corrected chi connectivity index (χ1v) is 8.43. The van der Waals surface area contributed by atoms with Crippen LogP contribution in [0.2, 0.25) is 0 Å². The van der Waals surface area contributed by atoms with E-state index >= 15 is 0 Å². The van der Waals surface area contributed by atoms with E-state index in [-0.39, 0.29) is 5.91 Å². The van der Waals surface area contributed by atoms with Crippen molar-refractivity contribution in [2.45, 2.75) is 39.2 Å². The molecule has 0 saturated carbocycles. The molecule has 3 heterocycles. The van der Waals surface area contributed by atoms with Gasteiger partial charge in [0.2, 0.25) is 0 Å². The minimum absolute atomic E-state index is 0.0669. The van der Waals surface area contributed by atoms with Crippen LogP contribution in [-0.4, -0.2) is 33.4 Å². The number of rotatable bonds is 4. The largest absolute Gasteiger partial charge is 0.430 e. The lowest BCUT2D eigenvalue weighted by Gasteiger charge is -2.32. The Hall–Kier alpha value is -2.37. The Balaban J connectivity index is 1.57. The van der Waals surface area contributed by atoms with Crippen LogP contribution in [0.5, 0.6) is 0 Å². The summed E-state index contributed by atoms with van der Waals surface area (Å²) >= 11 is 0. The zero-order chi connectivity index (χ0) is 17.1. The van der Waals surface area contributed by atoms with Gasteiger partial charge in [-0.2, -0.15) is 0 Å². The molecule has 0 bridgehead atoms. The fraction of sp³-hybridized carbons (Fsp3) is 0.500. The molecule has 0 atom stereocenters. The Labute approximate surface area is 141 Å². The molecule has 2 aromatic rings. The van der Waals surface area contributed by atoms with Crippen LogP contribution in [0, 0.1) is 5.92 Å². The quantitative estimate of drug-likeness (QED) is 0.864. The third-order valence-electron chi connectivity index (χ3n) is 4.57. The maximum Gasteiger partial charge on any atom is 0.335 e. The van der Waals surface area contributed by atoms with Gasteiger partial charge in [0, 0.05) is 44.0 Å². The minimum Gasteiger partial charge on any atom is -0.430 e. The van der Waals surface area contributed by atoms with Crippen LogP contribution in [0.1, 0.15) is 48.8 Å². The minimum atomic E-state index is -0.438. The third-order valence-corrected chi connectivity index (χ3v) is 4.57. The highest BCUT2D eigenvalue weighted by molar-refractivity contribution is 5.93. The van der Waals surface area contributed by atoms with Crippen molar-refractivity contribution in [3.63, 3.8) is 0 Å². The van der Waals surface area contributed by atoms with Gasteiger partial charge >= 0.3 is 5.63 Å². The molecule has 6 heteroatoms. The van der Waals surface area contributed by atoms with E-state index in [0.29, 0.717) is 17.4 Å². The van der Waals surface area contributed by atoms with Crippen molar-refractivity contribution in [1.82, 2.24) is 14.5 Å². The maximum atomic E-state index is 12.4. The number of hydrogen-bond donors (Lipinski definition) is 0. The van der Waals surface area contributed by atoms with Crippen LogP contribution in [0.25, 0.3) is 0 Å². The molecule has 2 aromatic heterocycles. The molecule has 0 radical (unpaired) electrons. The molecule has 1 aliphatic heterocycles. The number of hydrogen-bond acceptors (Lipinski definition) is 4. The molecule has 0 N–H and O–H groups in total. The highest BCUT2D eigenvalue weighted by Crippen LogP contribution is 2.22. The summed E-state index contributed by atoms with van der Waals surface area (Å²) in [6.07, 6.45) is 7.09. The Morgan fingerprint density at radius 2 is 2.08 bits per heavy atom. The van der Waals surface area contributed by atoms with Gasteiger partial charge < -0.3 is 13.9 Å². The van der Waals surface area contributed by atoms with Gasteiger partial charge in [0.15, 0.2) is 0 Å². The molecule has 128 valence electrons. The predicted octanol–water partition coefficient (Wildman–Crippen LogP) is 2.51. The van der Waals surface area contributed by atoms with E-state index in [1.807, 2.05) is 17.3 Å². The van der Waals surface area contributed by atoms with E-state index in [1.54, 1.807) is 0 Å². The number of likely N-dealkylation sites (tertiary alicyclic amines) is 1. The number of nitrogens with zero attached hydrogens (tertiary/aromatic N) is 3.